The van der Waals surface area contributed by atoms with Gasteiger partial charge in [-0.05, 0) is 0 Å². The van der Waals surface area contributed by atoms with Gasteiger partial charge in [0.05, 0.1) is 11.8 Å². The van der Waals surface area contributed by atoms with Crippen LogP contribution in [0.3, 0.4) is 0 Å². The van der Waals surface area contributed by atoms with E-state index in [1.54, 1.807) is 13.2 Å². The first-order valence-electron chi connectivity index (χ1n) is 2.48. The molecule has 0 unspecified atom stereocenters. The molecule has 56 valence electrons. The van der Waals surface area contributed by atoms with Crippen molar-refractivity contribution in [3.05, 3.63) is 18.0 Å². The minimum atomic E-state index is -0.442. The van der Waals surface area contributed by atoms with Crippen LogP contribution >= 0.6 is 12.4 Å². The molecule has 1 aromatic rings. The molecular weight excluding hydrogens is 154 g/mol. The number of rotatable bonds is 1. The number of aryl methyl sites for hydroxylation is 1. The van der Waals surface area contributed by atoms with E-state index in [4.69, 9.17) is 5.73 Å². The molecule has 0 spiro atoms. The average molecular weight is 162 g/mol. The van der Waals surface area contributed by atoms with E-state index in [0.29, 0.717) is 5.56 Å². The molecule has 0 radical (unpaired) electrons. The van der Waals surface area contributed by atoms with Crippen molar-refractivity contribution in [3.8, 4) is 0 Å². The topological polar surface area (TPSA) is 60.9 Å². The van der Waals surface area contributed by atoms with Gasteiger partial charge in [0.2, 0.25) is 0 Å². The molecule has 0 atom stereocenters. The van der Waals surface area contributed by atoms with Crippen LogP contribution in [0.2, 0.25) is 0 Å². The second-order valence-corrected chi connectivity index (χ2v) is 1.77. The Morgan fingerprint density at radius 1 is 1.80 bits per heavy atom. The summed E-state index contributed by atoms with van der Waals surface area (Å²) in [6.07, 6.45) is 3.00. The fraction of sp³-hybridized carbons (Fsp3) is 0.200. The third-order valence-electron chi connectivity index (χ3n) is 0.989. The SMILES string of the molecule is Cl.Cn1cc(C(N)=O)cn1. The van der Waals surface area contributed by atoms with Gasteiger partial charge in [0.15, 0.2) is 0 Å². The Morgan fingerprint density at radius 3 is 2.60 bits per heavy atom. The van der Waals surface area contributed by atoms with Gasteiger partial charge in [0.1, 0.15) is 0 Å². The predicted octanol–water partition coefficient (Wildman–Crippen LogP) is -0.0592. The zero-order valence-corrected chi connectivity index (χ0v) is 6.26. The number of primary amides is 1. The fourth-order valence-electron chi connectivity index (χ4n) is 0.548. The van der Waals surface area contributed by atoms with E-state index in [0.717, 1.165) is 0 Å². The summed E-state index contributed by atoms with van der Waals surface area (Å²) in [7, 11) is 1.73. The van der Waals surface area contributed by atoms with Crippen molar-refractivity contribution < 1.29 is 4.79 Å². The van der Waals surface area contributed by atoms with Gasteiger partial charge in [-0.2, -0.15) is 5.10 Å². The van der Waals surface area contributed by atoms with E-state index in [2.05, 4.69) is 5.10 Å². The quantitative estimate of drug-likeness (QED) is 0.628. The maximum absolute atomic E-state index is 10.4. The number of hydrogen-bond acceptors (Lipinski definition) is 2. The molecule has 0 fully saturated rings. The van der Waals surface area contributed by atoms with E-state index in [1.165, 1.54) is 10.9 Å². The van der Waals surface area contributed by atoms with E-state index < -0.39 is 5.91 Å². The van der Waals surface area contributed by atoms with Crippen LogP contribution in [0.15, 0.2) is 12.4 Å². The normalized spacial score (nSPS) is 8.50. The Kier molecular flexibility index (Phi) is 2.89. The lowest BCUT2D eigenvalue weighted by molar-refractivity contribution is 0.1000. The van der Waals surface area contributed by atoms with Crippen LogP contribution < -0.4 is 5.73 Å². The third kappa shape index (κ3) is 1.73. The van der Waals surface area contributed by atoms with E-state index in [-0.39, 0.29) is 12.4 Å². The van der Waals surface area contributed by atoms with Gasteiger partial charge in [0, 0.05) is 13.2 Å². The highest BCUT2D eigenvalue weighted by Gasteiger charge is 1.99. The van der Waals surface area contributed by atoms with Crippen LogP contribution in [-0.4, -0.2) is 15.7 Å². The molecule has 0 aliphatic heterocycles. The van der Waals surface area contributed by atoms with Gasteiger partial charge in [-0.25, -0.2) is 0 Å². The van der Waals surface area contributed by atoms with Crippen LogP contribution in [-0.2, 0) is 7.05 Å². The molecule has 5 heteroatoms. The number of aromatic nitrogens is 2. The van der Waals surface area contributed by atoms with Crippen molar-refractivity contribution in [2.45, 2.75) is 0 Å². The molecule has 0 saturated carbocycles. The van der Waals surface area contributed by atoms with Crippen molar-refractivity contribution in [1.29, 1.82) is 0 Å². The highest BCUT2D eigenvalue weighted by Crippen LogP contribution is 1.91. The molecule has 0 bridgehead atoms. The molecule has 0 aliphatic carbocycles. The summed E-state index contributed by atoms with van der Waals surface area (Å²) in [5, 5.41) is 3.75. The van der Waals surface area contributed by atoms with Crippen molar-refractivity contribution in [2.24, 2.45) is 12.8 Å². The zero-order chi connectivity index (χ0) is 6.85. The molecule has 0 aromatic carbocycles. The first-order valence-corrected chi connectivity index (χ1v) is 2.48. The van der Waals surface area contributed by atoms with Gasteiger partial charge in [-0.3, -0.25) is 9.48 Å². The maximum atomic E-state index is 10.4. The van der Waals surface area contributed by atoms with Crippen molar-refractivity contribution >= 4 is 18.3 Å². The van der Waals surface area contributed by atoms with Crippen molar-refractivity contribution in [3.63, 3.8) is 0 Å². The predicted molar refractivity (Wildman–Crippen MR) is 39.0 cm³/mol. The van der Waals surface area contributed by atoms with Crippen molar-refractivity contribution in [2.75, 3.05) is 0 Å². The second-order valence-electron chi connectivity index (χ2n) is 1.77. The van der Waals surface area contributed by atoms with Gasteiger partial charge in [0.25, 0.3) is 5.91 Å². The molecular formula is C5H8ClN3O. The Bertz CT molecular complexity index is 233. The summed E-state index contributed by atoms with van der Waals surface area (Å²) in [6, 6.07) is 0. The monoisotopic (exact) mass is 161 g/mol. The Hall–Kier alpha value is -1.03. The number of hydrogen-bond donors (Lipinski definition) is 1. The lowest BCUT2D eigenvalue weighted by Gasteiger charge is -1.82. The van der Waals surface area contributed by atoms with E-state index in [9.17, 15) is 4.79 Å². The van der Waals surface area contributed by atoms with Crippen LogP contribution in [0.1, 0.15) is 10.4 Å². The first kappa shape index (κ1) is 8.97. The third-order valence-corrected chi connectivity index (χ3v) is 0.989. The van der Waals surface area contributed by atoms with Gasteiger partial charge >= 0.3 is 0 Å². The molecule has 1 heterocycles. The highest BCUT2D eigenvalue weighted by atomic mass is 35.5. The number of halogens is 1. The Balaban J connectivity index is 0.000000810. The second kappa shape index (κ2) is 3.22. The highest BCUT2D eigenvalue weighted by molar-refractivity contribution is 5.92. The number of nitrogens with two attached hydrogens (primary N) is 1. The molecule has 0 saturated heterocycles. The first-order chi connectivity index (χ1) is 4.20. The van der Waals surface area contributed by atoms with Gasteiger partial charge in [-0.15, -0.1) is 12.4 Å². The minimum absolute atomic E-state index is 0. The molecule has 1 amide bonds. The largest absolute Gasteiger partial charge is 0.366 e. The van der Waals surface area contributed by atoms with Crippen LogP contribution in [0, 0.1) is 0 Å². The molecule has 1 rings (SSSR count). The summed E-state index contributed by atoms with van der Waals surface area (Å²) in [6.45, 7) is 0. The summed E-state index contributed by atoms with van der Waals surface area (Å²) in [4.78, 5) is 10.4. The maximum Gasteiger partial charge on any atom is 0.251 e. The smallest absolute Gasteiger partial charge is 0.251 e. The minimum Gasteiger partial charge on any atom is -0.366 e. The van der Waals surface area contributed by atoms with Crippen LogP contribution in [0.25, 0.3) is 0 Å². The molecule has 1 aromatic heterocycles. The summed E-state index contributed by atoms with van der Waals surface area (Å²) in [5.74, 6) is -0.442. The van der Waals surface area contributed by atoms with Crippen LogP contribution in [0.5, 0.6) is 0 Å². The molecule has 4 nitrogen and oxygen atoms in total. The lowest BCUT2D eigenvalue weighted by Crippen LogP contribution is -2.09. The summed E-state index contributed by atoms with van der Waals surface area (Å²) in [5.41, 5.74) is 5.38. The summed E-state index contributed by atoms with van der Waals surface area (Å²) >= 11 is 0. The Labute approximate surface area is 64.4 Å². The Morgan fingerprint density at radius 2 is 2.40 bits per heavy atom. The summed E-state index contributed by atoms with van der Waals surface area (Å²) < 4.78 is 1.53. The average Bonchev–Trinajstić information content (AvgIpc) is 2.14. The zero-order valence-electron chi connectivity index (χ0n) is 5.44. The molecule has 2 N–H and O–H groups in total. The fourth-order valence-corrected chi connectivity index (χ4v) is 0.548. The number of carbonyl (C=O) groups is 1. The number of nitrogens with zero attached hydrogens (tertiary/aromatic N) is 2. The van der Waals surface area contributed by atoms with Gasteiger partial charge in [-0.1, -0.05) is 0 Å². The molecule has 0 aliphatic rings. The number of amides is 1. The molecule has 10 heavy (non-hydrogen) atoms. The number of carbonyl (C=O) groups excluding carboxylic acids is 1. The van der Waals surface area contributed by atoms with Gasteiger partial charge < -0.3 is 5.73 Å². The van der Waals surface area contributed by atoms with Crippen molar-refractivity contribution in [1.82, 2.24) is 9.78 Å². The van der Waals surface area contributed by atoms with Crippen LogP contribution in [0.4, 0.5) is 0 Å². The lowest BCUT2D eigenvalue weighted by atomic mass is 10.4. The standard InChI is InChI=1S/C5H7N3O.ClH/c1-8-3-4(2-7-8)5(6)9;/h2-3H,1H3,(H2,6,9);1H. The van der Waals surface area contributed by atoms with E-state index >= 15 is 0 Å². The van der Waals surface area contributed by atoms with E-state index in [1.807, 2.05) is 0 Å².